The van der Waals surface area contributed by atoms with Crippen LogP contribution in [0.2, 0.25) is 0 Å². The van der Waals surface area contributed by atoms with Crippen LogP contribution in [0, 0.1) is 6.92 Å². The van der Waals surface area contributed by atoms with Crippen LogP contribution in [-0.4, -0.2) is 0 Å². The summed E-state index contributed by atoms with van der Waals surface area (Å²) >= 11 is 7.27. The molecule has 44 valence electrons. The average molecular weight is 147 g/mol. The number of hydrogen-bond donors (Lipinski definition) is 0. The quantitative estimate of drug-likeness (QED) is 0.535. The molecule has 0 aliphatic carbocycles. The fourth-order valence-electron chi connectivity index (χ4n) is 0.561. The Labute approximate surface area is 58.1 Å². The fraction of sp³-hybridized carbons (Fsp3) is 0.333. The Balaban J connectivity index is 2.84. The first-order valence-electron chi connectivity index (χ1n) is 2.43. The number of alkyl halides is 1. The summed E-state index contributed by atoms with van der Waals surface area (Å²) in [5.41, 5.74) is 1.31. The molecule has 1 aromatic rings. The molecule has 0 atom stereocenters. The first kappa shape index (κ1) is 6.12. The zero-order chi connectivity index (χ0) is 5.98. The van der Waals surface area contributed by atoms with E-state index in [2.05, 4.69) is 18.4 Å². The van der Waals surface area contributed by atoms with Gasteiger partial charge in [-0.1, -0.05) is 0 Å². The first-order chi connectivity index (χ1) is 3.83. The summed E-state index contributed by atoms with van der Waals surface area (Å²) in [5.74, 6) is 0.651. The van der Waals surface area contributed by atoms with Gasteiger partial charge in [0.15, 0.2) is 0 Å². The molecule has 1 rings (SSSR count). The molecule has 0 aromatic carbocycles. The van der Waals surface area contributed by atoms with Gasteiger partial charge in [0, 0.05) is 4.88 Å². The third-order valence-corrected chi connectivity index (χ3v) is 2.42. The Kier molecular flexibility index (Phi) is 1.92. The molecule has 0 fully saturated rings. The van der Waals surface area contributed by atoms with Crippen molar-refractivity contribution in [1.29, 1.82) is 0 Å². The zero-order valence-corrected chi connectivity index (χ0v) is 6.22. The van der Waals surface area contributed by atoms with Crippen LogP contribution < -0.4 is 0 Å². The Morgan fingerprint density at radius 1 is 1.75 bits per heavy atom. The second-order valence-corrected chi connectivity index (χ2v) is 2.99. The molecule has 2 heteroatoms. The van der Waals surface area contributed by atoms with Crippen LogP contribution in [0.5, 0.6) is 0 Å². The third kappa shape index (κ3) is 1.23. The summed E-state index contributed by atoms with van der Waals surface area (Å²) in [5, 5.41) is 2.11. The van der Waals surface area contributed by atoms with Crippen molar-refractivity contribution in [3.63, 3.8) is 0 Å². The summed E-state index contributed by atoms with van der Waals surface area (Å²) in [6, 6.07) is 2.11. The summed E-state index contributed by atoms with van der Waals surface area (Å²) in [7, 11) is 0. The predicted octanol–water partition coefficient (Wildman–Crippen LogP) is 2.80. The van der Waals surface area contributed by atoms with E-state index in [-0.39, 0.29) is 0 Å². The highest BCUT2D eigenvalue weighted by Gasteiger charge is 1.90. The lowest BCUT2D eigenvalue weighted by molar-refractivity contribution is 1.47. The van der Waals surface area contributed by atoms with Crippen LogP contribution in [0.1, 0.15) is 10.4 Å². The van der Waals surface area contributed by atoms with Gasteiger partial charge in [-0.05, 0) is 23.9 Å². The van der Waals surface area contributed by atoms with Gasteiger partial charge in [-0.15, -0.1) is 22.9 Å². The van der Waals surface area contributed by atoms with Gasteiger partial charge in [0.1, 0.15) is 0 Å². The molecule has 0 saturated heterocycles. The maximum atomic E-state index is 5.55. The molecule has 0 aliphatic rings. The second kappa shape index (κ2) is 2.51. The average Bonchev–Trinajstić information content (AvgIpc) is 2.14. The number of thiophene rings is 1. The number of hydrogen-bond acceptors (Lipinski definition) is 1. The highest BCUT2D eigenvalue weighted by molar-refractivity contribution is 7.10. The molecule has 0 spiro atoms. The minimum Gasteiger partial charge on any atom is -0.147 e. The van der Waals surface area contributed by atoms with Crippen LogP contribution in [0.3, 0.4) is 0 Å². The Morgan fingerprint density at radius 3 is 2.75 bits per heavy atom. The number of aryl methyl sites for hydroxylation is 1. The highest BCUT2D eigenvalue weighted by Crippen LogP contribution is 2.14. The van der Waals surface area contributed by atoms with E-state index in [9.17, 15) is 0 Å². The lowest BCUT2D eigenvalue weighted by Crippen LogP contribution is -1.61. The summed E-state index contributed by atoms with van der Waals surface area (Å²) in [6.07, 6.45) is 0. The van der Waals surface area contributed by atoms with Gasteiger partial charge in [0.2, 0.25) is 0 Å². The molecular weight excluding hydrogens is 140 g/mol. The van der Waals surface area contributed by atoms with Gasteiger partial charge in [0.25, 0.3) is 0 Å². The standard InChI is InChI=1S/C6H7ClS/c1-5-2-6(3-7)8-4-5/h2,4H,3H2,1H3. The molecular formula is C6H7ClS. The van der Waals surface area contributed by atoms with E-state index in [4.69, 9.17) is 11.6 Å². The summed E-state index contributed by atoms with van der Waals surface area (Å²) < 4.78 is 0. The van der Waals surface area contributed by atoms with Gasteiger partial charge < -0.3 is 0 Å². The molecule has 8 heavy (non-hydrogen) atoms. The highest BCUT2D eigenvalue weighted by atomic mass is 35.5. The van der Waals surface area contributed by atoms with Crippen LogP contribution in [-0.2, 0) is 5.88 Å². The first-order valence-corrected chi connectivity index (χ1v) is 3.84. The monoisotopic (exact) mass is 146 g/mol. The van der Waals surface area contributed by atoms with E-state index in [1.165, 1.54) is 10.4 Å². The molecule has 0 nitrogen and oxygen atoms in total. The molecule has 0 amide bonds. The maximum absolute atomic E-state index is 5.55. The van der Waals surface area contributed by atoms with Crippen LogP contribution in [0.15, 0.2) is 11.4 Å². The lowest BCUT2D eigenvalue weighted by Gasteiger charge is -1.78. The zero-order valence-electron chi connectivity index (χ0n) is 4.65. The van der Waals surface area contributed by atoms with Crippen molar-refractivity contribution >= 4 is 22.9 Å². The predicted molar refractivity (Wildman–Crippen MR) is 38.6 cm³/mol. The Bertz CT molecular complexity index is 169. The molecule has 0 aliphatic heterocycles. The summed E-state index contributed by atoms with van der Waals surface area (Å²) in [4.78, 5) is 1.25. The molecule has 0 unspecified atom stereocenters. The Hall–Kier alpha value is -0.0100. The third-order valence-electron chi connectivity index (χ3n) is 0.917. The van der Waals surface area contributed by atoms with E-state index in [1.807, 2.05) is 0 Å². The van der Waals surface area contributed by atoms with Crippen molar-refractivity contribution in [3.8, 4) is 0 Å². The van der Waals surface area contributed by atoms with Crippen LogP contribution in [0.25, 0.3) is 0 Å². The van der Waals surface area contributed by atoms with E-state index < -0.39 is 0 Å². The molecule has 1 aromatic heterocycles. The van der Waals surface area contributed by atoms with Gasteiger partial charge >= 0.3 is 0 Å². The molecule has 0 saturated carbocycles. The van der Waals surface area contributed by atoms with Crippen LogP contribution in [0.4, 0.5) is 0 Å². The number of halogens is 1. The molecule has 1 heterocycles. The van der Waals surface area contributed by atoms with Gasteiger partial charge in [-0.25, -0.2) is 0 Å². The number of rotatable bonds is 1. The minimum absolute atomic E-state index is 0.651. The van der Waals surface area contributed by atoms with Gasteiger partial charge in [-0.2, -0.15) is 0 Å². The van der Waals surface area contributed by atoms with E-state index in [1.54, 1.807) is 11.3 Å². The second-order valence-electron chi connectivity index (χ2n) is 1.72. The Morgan fingerprint density at radius 2 is 2.50 bits per heavy atom. The SMILES string of the molecule is Cc1csc(CCl)c1. The van der Waals surface area contributed by atoms with E-state index in [0.29, 0.717) is 5.88 Å². The van der Waals surface area contributed by atoms with Crippen LogP contribution >= 0.6 is 22.9 Å². The van der Waals surface area contributed by atoms with Crippen molar-refractivity contribution in [2.24, 2.45) is 0 Å². The topological polar surface area (TPSA) is 0 Å². The minimum atomic E-state index is 0.651. The largest absolute Gasteiger partial charge is 0.147 e. The summed E-state index contributed by atoms with van der Waals surface area (Å²) in [6.45, 7) is 2.08. The van der Waals surface area contributed by atoms with Crippen molar-refractivity contribution in [2.75, 3.05) is 0 Å². The molecule has 0 N–H and O–H groups in total. The van der Waals surface area contributed by atoms with Crippen molar-refractivity contribution < 1.29 is 0 Å². The van der Waals surface area contributed by atoms with Gasteiger partial charge in [-0.3, -0.25) is 0 Å². The van der Waals surface area contributed by atoms with E-state index in [0.717, 1.165) is 0 Å². The normalized spacial score (nSPS) is 9.75. The van der Waals surface area contributed by atoms with Crippen molar-refractivity contribution in [1.82, 2.24) is 0 Å². The lowest BCUT2D eigenvalue weighted by atomic mass is 10.4. The van der Waals surface area contributed by atoms with E-state index >= 15 is 0 Å². The van der Waals surface area contributed by atoms with Crippen molar-refractivity contribution in [2.45, 2.75) is 12.8 Å². The fourth-order valence-corrected chi connectivity index (χ4v) is 1.55. The molecule has 0 radical (unpaired) electrons. The van der Waals surface area contributed by atoms with Crippen molar-refractivity contribution in [3.05, 3.63) is 21.9 Å². The molecule has 0 bridgehead atoms. The maximum Gasteiger partial charge on any atom is 0.0568 e. The smallest absolute Gasteiger partial charge is 0.0568 e. The van der Waals surface area contributed by atoms with Gasteiger partial charge in [0.05, 0.1) is 5.88 Å².